The van der Waals surface area contributed by atoms with E-state index in [1.165, 1.54) is 25.0 Å². The van der Waals surface area contributed by atoms with E-state index in [1.54, 1.807) is 6.20 Å². The Labute approximate surface area is 88.3 Å². The van der Waals surface area contributed by atoms with E-state index >= 15 is 0 Å². The predicted octanol–water partition coefficient (Wildman–Crippen LogP) is 1.37. The lowest BCUT2D eigenvalue weighted by Crippen LogP contribution is -2.37. The molecular weight excluding hydrogens is 198 g/mol. The molecule has 4 heteroatoms. The van der Waals surface area contributed by atoms with E-state index in [0.29, 0.717) is 0 Å². The van der Waals surface area contributed by atoms with Crippen molar-refractivity contribution in [2.45, 2.75) is 25.8 Å². The highest BCUT2D eigenvalue weighted by atomic mass is 35.5. The fourth-order valence-electron chi connectivity index (χ4n) is 2.12. The minimum absolute atomic E-state index is 0.811. The molecule has 0 saturated carbocycles. The third-order valence-electron chi connectivity index (χ3n) is 2.98. The first-order valence-corrected chi connectivity index (χ1v) is 5.56. The van der Waals surface area contributed by atoms with Gasteiger partial charge in [-0.15, -0.1) is 0 Å². The lowest BCUT2D eigenvalue weighted by Gasteiger charge is -2.20. The van der Waals surface area contributed by atoms with Gasteiger partial charge in [0.25, 0.3) is 0 Å². The number of halogens is 1. The number of rotatable bonds is 1. The molecule has 1 fully saturated rings. The van der Waals surface area contributed by atoms with Crippen LogP contribution in [0.3, 0.4) is 0 Å². The van der Waals surface area contributed by atoms with Crippen LogP contribution in [0.5, 0.6) is 0 Å². The van der Waals surface area contributed by atoms with Gasteiger partial charge < -0.3 is 0 Å². The zero-order valence-corrected chi connectivity index (χ0v) is 8.80. The van der Waals surface area contributed by atoms with Crippen molar-refractivity contribution in [3.05, 3.63) is 16.9 Å². The molecule has 1 aromatic rings. The van der Waals surface area contributed by atoms with Gasteiger partial charge in [0, 0.05) is 0 Å². The molecule has 0 unspecified atom stereocenters. The van der Waals surface area contributed by atoms with Crippen LogP contribution in [0.4, 0.5) is 5.95 Å². The minimum Gasteiger partial charge on any atom is -0.261 e. The Kier molecular flexibility index (Phi) is 1.87. The summed E-state index contributed by atoms with van der Waals surface area (Å²) < 4.78 is 2.20. The molecule has 0 bridgehead atoms. The summed E-state index contributed by atoms with van der Waals surface area (Å²) in [6, 6.07) is 0. The zero-order chi connectivity index (χ0) is 9.54. The van der Waals surface area contributed by atoms with Crippen molar-refractivity contribution in [1.82, 2.24) is 4.98 Å². The molecule has 0 spiro atoms. The molecule has 2 aliphatic rings. The van der Waals surface area contributed by atoms with Crippen LogP contribution < -0.4 is 9.47 Å². The lowest BCUT2D eigenvalue weighted by atomic mass is 10.1. The number of anilines is 1. The summed E-state index contributed by atoms with van der Waals surface area (Å²) >= 11 is 5.97. The second-order valence-corrected chi connectivity index (χ2v) is 4.39. The van der Waals surface area contributed by atoms with Crippen LogP contribution in [-0.2, 0) is 6.54 Å². The van der Waals surface area contributed by atoms with Crippen LogP contribution in [0.1, 0.15) is 25.0 Å². The Hall–Kier alpha value is -0.830. The molecule has 2 aliphatic heterocycles. The molecule has 0 atom stereocenters. The van der Waals surface area contributed by atoms with E-state index in [2.05, 4.69) is 14.5 Å². The second-order valence-electron chi connectivity index (χ2n) is 3.99. The number of fused-ring (bicyclic) bond motifs is 1. The predicted molar refractivity (Wildman–Crippen MR) is 54.6 cm³/mol. The Bertz CT molecular complexity index is 372. The Balaban J connectivity index is 1.90. The highest BCUT2D eigenvalue weighted by molar-refractivity contribution is 6.31. The van der Waals surface area contributed by atoms with Gasteiger partial charge >= 0.3 is 5.95 Å². The SMILES string of the molecule is Clc1cnc(N2CCCCC2)[n+]2c1C2. The lowest BCUT2D eigenvalue weighted by molar-refractivity contribution is -0.562. The molecule has 3 rings (SSSR count). The molecule has 14 heavy (non-hydrogen) atoms. The number of hydrogen-bond acceptors (Lipinski definition) is 2. The summed E-state index contributed by atoms with van der Waals surface area (Å²) in [5.41, 5.74) is 1.24. The molecule has 3 heterocycles. The molecular formula is C10H13ClN3+. The minimum atomic E-state index is 0.811. The van der Waals surface area contributed by atoms with Gasteiger partial charge in [-0.05, 0) is 19.3 Å². The maximum atomic E-state index is 5.97. The van der Waals surface area contributed by atoms with Crippen LogP contribution in [0.15, 0.2) is 6.20 Å². The van der Waals surface area contributed by atoms with Crippen LogP contribution in [0, 0.1) is 0 Å². The van der Waals surface area contributed by atoms with E-state index < -0.39 is 0 Å². The highest BCUT2D eigenvalue weighted by Gasteiger charge is 2.35. The third kappa shape index (κ3) is 1.27. The quantitative estimate of drug-likeness (QED) is 0.663. The fourth-order valence-corrected chi connectivity index (χ4v) is 2.33. The van der Waals surface area contributed by atoms with Crippen molar-refractivity contribution in [3.8, 4) is 0 Å². The van der Waals surface area contributed by atoms with Crippen LogP contribution in [0.2, 0.25) is 5.02 Å². The van der Waals surface area contributed by atoms with Crippen molar-refractivity contribution in [2.75, 3.05) is 18.0 Å². The summed E-state index contributed by atoms with van der Waals surface area (Å²) in [7, 11) is 0. The van der Waals surface area contributed by atoms with Crippen molar-refractivity contribution in [3.63, 3.8) is 0 Å². The fraction of sp³-hybridized carbons (Fsp3) is 0.600. The Morgan fingerprint density at radius 1 is 1.29 bits per heavy atom. The topological polar surface area (TPSA) is 20.0 Å². The van der Waals surface area contributed by atoms with Crippen molar-refractivity contribution in [1.29, 1.82) is 0 Å². The average Bonchev–Trinajstić information content (AvgIpc) is 3.00. The van der Waals surface area contributed by atoms with E-state index in [4.69, 9.17) is 11.6 Å². The summed E-state index contributed by atoms with van der Waals surface area (Å²) in [5, 5.41) is 0.811. The average molecular weight is 211 g/mol. The molecule has 0 aliphatic carbocycles. The first-order chi connectivity index (χ1) is 6.86. The van der Waals surface area contributed by atoms with Gasteiger partial charge in [0.2, 0.25) is 0 Å². The number of nitrogens with zero attached hydrogens (tertiary/aromatic N) is 3. The van der Waals surface area contributed by atoms with Crippen molar-refractivity contribution < 1.29 is 4.57 Å². The number of aromatic nitrogens is 2. The summed E-state index contributed by atoms with van der Waals surface area (Å²) in [4.78, 5) is 6.78. The second kappa shape index (κ2) is 3.09. The standard InChI is InChI=1S/C10H13ClN3/c11-8-6-12-10(14-7-9(8)14)13-4-2-1-3-5-13/h6H,1-5,7H2/q+1. The van der Waals surface area contributed by atoms with Gasteiger partial charge in [0.1, 0.15) is 23.5 Å². The van der Waals surface area contributed by atoms with Crippen molar-refractivity contribution >= 4 is 17.5 Å². The van der Waals surface area contributed by atoms with Gasteiger partial charge in [0.05, 0.1) is 13.1 Å². The zero-order valence-electron chi connectivity index (χ0n) is 8.04. The normalized spacial score (nSPS) is 19.4. The Morgan fingerprint density at radius 3 is 2.86 bits per heavy atom. The largest absolute Gasteiger partial charge is 0.394 e. The third-order valence-corrected chi connectivity index (χ3v) is 3.30. The summed E-state index contributed by atoms with van der Waals surface area (Å²) in [6.45, 7) is 3.27. The molecule has 0 aromatic carbocycles. The summed E-state index contributed by atoms with van der Waals surface area (Å²) in [5.74, 6) is 1.11. The first-order valence-electron chi connectivity index (χ1n) is 5.18. The molecule has 74 valence electrons. The van der Waals surface area contributed by atoms with Crippen LogP contribution in [-0.4, -0.2) is 18.1 Å². The van der Waals surface area contributed by atoms with Crippen LogP contribution >= 0.6 is 11.6 Å². The smallest absolute Gasteiger partial charge is 0.261 e. The maximum Gasteiger partial charge on any atom is 0.394 e. The van der Waals surface area contributed by atoms with Gasteiger partial charge in [-0.3, -0.25) is 4.90 Å². The van der Waals surface area contributed by atoms with Crippen molar-refractivity contribution in [2.24, 2.45) is 0 Å². The first kappa shape index (κ1) is 8.48. The van der Waals surface area contributed by atoms with E-state index in [-0.39, 0.29) is 0 Å². The molecule has 0 N–H and O–H groups in total. The van der Waals surface area contributed by atoms with E-state index in [0.717, 1.165) is 30.6 Å². The molecule has 1 aromatic heterocycles. The maximum absolute atomic E-state index is 5.97. The monoisotopic (exact) mass is 210 g/mol. The van der Waals surface area contributed by atoms with Crippen LogP contribution in [0.25, 0.3) is 0 Å². The van der Waals surface area contributed by atoms with E-state index in [1.807, 2.05) is 0 Å². The van der Waals surface area contributed by atoms with E-state index in [9.17, 15) is 0 Å². The molecule has 0 amide bonds. The molecule has 0 radical (unpaired) electrons. The Morgan fingerprint density at radius 2 is 2.07 bits per heavy atom. The van der Waals surface area contributed by atoms with Gasteiger partial charge in [-0.25, -0.2) is 4.57 Å². The highest BCUT2D eigenvalue weighted by Crippen LogP contribution is 2.24. The summed E-state index contributed by atoms with van der Waals surface area (Å²) in [6.07, 6.45) is 5.72. The number of hydrogen-bond donors (Lipinski definition) is 0. The van der Waals surface area contributed by atoms with Gasteiger partial charge in [0.15, 0.2) is 0 Å². The van der Waals surface area contributed by atoms with Gasteiger partial charge in [-0.1, -0.05) is 16.6 Å². The molecule has 1 saturated heterocycles. The molecule has 3 nitrogen and oxygen atoms in total. The number of piperidine rings is 1. The van der Waals surface area contributed by atoms with Gasteiger partial charge in [-0.2, -0.15) is 0 Å².